The second-order valence-corrected chi connectivity index (χ2v) is 6.57. The minimum Gasteiger partial charge on any atom is -0.330 e. The summed E-state index contributed by atoms with van der Waals surface area (Å²) in [5.41, 5.74) is 3.19. The first kappa shape index (κ1) is 17.4. The van der Waals surface area contributed by atoms with Crippen LogP contribution in [0.15, 0.2) is 48.5 Å². The molecule has 0 atom stereocenters. The molecule has 0 bridgehead atoms. The van der Waals surface area contributed by atoms with Crippen LogP contribution in [0.4, 0.5) is 10.5 Å². The summed E-state index contributed by atoms with van der Waals surface area (Å²) in [5, 5.41) is 0.695. The number of rotatable bonds is 4. The molecule has 0 aliphatic heterocycles. The Morgan fingerprint density at radius 3 is 2.04 bits per heavy atom. The summed E-state index contributed by atoms with van der Waals surface area (Å²) >= 11 is 5.94. The summed E-state index contributed by atoms with van der Waals surface area (Å²) in [5.74, 6) is 0.471. The predicted molar refractivity (Wildman–Crippen MR) is 97.2 cm³/mol. The maximum atomic E-state index is 12.6. The van der Waals surface area contributed by atoms with Gasteiger partial charge in [-0.05, 0) is 41.3 Å². The van der Waals surface area contributed by atoms with Gasteiger partial charge < -0.3 is 4.90 Å². The molecule has 4 heteroatoms. The Balaban J connectivity index is 2.30. The van der Waals surface area contributed by atoms with Gasteiger partial charge in [-0.3, -0.25) is 4.90 Å². The van der Waals surface area contributed by atoms with Crippen LogP contribution >= 0.6 is 11.6 Å². The molecule has 122 valence electrons. The second kappa shape index (κ2) is 7.51. The van der Waals surface area contributed by atoms with Gasteiger partial charge in [-0.1, -0.05) is 49.7 Å². The Bertz CT molecular complexity index is 648. The molecule has 2 rings (SSSR count). The van der Waals surface area contributed by atoms with Crippen molar-refractivity contribution in [2.24, 2.45) is 0 Å². The molecule has 0 saturated carbocycles. The van der Waals surface area contributed by atoms with Crippen LogP contribution in [0.1, 0.15) is 30.9 Å². The molecule has 0 aliphatic rings. The van der Waals surface area contributed by atoms with E-state index >= 15 is 0 Å². The quantitative estimate of drug-likeness (QED) is 0.760. The smallest absolute Gasteiger partial charge is 0.324 e. The highest BCUT2D eigenvalue weighted by Crippen LogP contribution is 2.23. The summed E-state index contributed by atoms with van der Waals surface area (Å²) in [6, 6.07) is 15.7. The number of halogens is 1. The molecule has 0 aliphatic carbocycles. The molecule has 0 fully saturated rings. The third kappa shape index (κ3) is 4.49. The van der Waals surface area contributed by atoms with Crippen molar-refractivity contribution in [2.75, 3.05) is 19.0 Å². The van der Waals surface area contributed by atoms with Crippen molar-refractivity contribution in [1.29, 1.82) is 0 Å². The molecule has 0 heterocycles. The normalized spacial score (nSPS) is 10.7. The molecule has 0 N–H and O–H groups in total. The third-order valence-electron chi connectivity index (χ3n) is 3.74. The maximum absolute atomic E-state index is 12.6. The summed E-state index contributed by atoms with van der Waals surface area (Å²) in [4.78, 5) is 15.9. The van der Waals surface area contributed by atoms with Gasteiger partial charge in [0.2, 0.25) is 0 Å². The lowest BCUT2D eigenvalue weighted by Crippen LogP contribution is -2.38. The number of amides is 2. The van der Waals surface area contributed by atoms with Crippen LogP contribution in [0.25, 0.3) is 0 Å². The highest BCUT2D eigenvalue weighted by atomic mass is 35.5. The monoisotopic (exact) mass is 330 g/mol. The van der Waals surface area contributed by atoms with Crippen molar-refractivity contribution in [3.63, 3.8) is 0 Å². The van der Waals surface area contributed by atoms with Crippen LogP contribution in [-0.2, 0) is 6.54 Å². The number of anilines is 1. The molecule has 2 aromatic carbocycles. The Morgan fingerprint density at radius 1 is 1.00 bits per heavy atom. The largest absolute Gasteiger partial charge is 0.330 e. The van der Waals surface area contributed by atoms with E-state index in [1.165, 1.54) is 5.56 Å². The minimum absolute atomic E-state index is 0.0442. The summed E-state index contributed by atoms with van der Waals surface area (Å²) in [7, 11) is 3.53. The fourth-order valence-electron chi connectivity index (χ4n) is 2.32. The number of nitrogens with zero attached hydrogens (tertiary/aromatic N) is 2. The summed E-state index contributed by atoms with van der Waals surface area (Å²) in [6.07, 6.45) is 0. The lowest BCUT2D eigenvalue weighted by molar-refractivity contribution is 0.223. The van der Waals surface area contributed by atoms with E-state index in [0.29, 0.717) is 17.5 Å². The number of urea groups is 1. The zero-order valence-electron chi connectivity index (χ0n) is 14.1. The number of hydrogen-bond acceptors (Lipinski definition) is 1. The molecular weight excluding hydrogens is 308 g/mol. The number of benzene rings is 2. The summed E-state index contributed by atoms with van der Waals surface area (Å²) in [6.45, 7) is 4.83. The van der Waals surface area contributed by atoms with Crippen LogP contribution < -0.4 is 4.90 Å². The van der Waals surface area contributed by atoms with E-state index in [-0.39, 0.29) is 6.03 Å². The van der Waals surface area contributed by atoms with Crippen LogP contribution in [0, 0.1) is 0 Å². The zero-order valence-corrected chi connectivity index (χ0v) is 14.8. The van der Waals surface area contributed by atoms with E-state index in [4.69, 9.17) is 11.6 Å². The fraction of sp³-hybridized carbons (Fsp3) is 0.316. The van der Waals surface area contributed by atoms with Gasteiger partial charge in [-0.25, -0.2) is 4.79 Å². The Hall–Kier alpha value is -2.00. The first-order valence-corrected chi connectivity index (χ1v) is 8.09. The zero-order chi connectivity index (χ0) is 17.0. The number of carbonyl (C=O) groups is 1. The van der Waals surface area contributed by atoms with Gasteiger partial charge in [0.25, 0.3) is 0 Å². The minimum atomic E-state index is -0.0442. The first-order chi connectivity index (χ1) is 10.9. The van der Waals surface area contributed by atoms with Gasteiger partial charge in [0.15, 0.2) is 0 Å². The first-order valence-electron chi connectivity index (χ1n) is 7.71. The average Bonchev–Trinajstić information content (AvgIpc) is 2.53. The predicted octanol–water partition coefficient (Wildman–Crippen LogP) is 5.15. The van der Waals surface area contributed by atoms with Gasteiger partial charge in [0, 0.05) is 24.8 Å². The van der Waals surface area contributed by atoms with Crippen molar-refractivity contribution >= 4 is 23.3 Å². The Kier molecular flexibility index (Phi) is 5.67. The van der Waals surface area contributed by atoms with Crippen molar-refractivity contribution in [2.45, 2.75) is 26.3 Å². The third-order valence-corrected chi connectivity index (χ3v) is 3.99. The molecule has 0 spiro atoms. The van der Waals surface area contributed by atoms with Crippen molar-refractivity contribution < 1.29 is 4.79 Å². The van der Waals surface area contributed by atoms with Crippen molar-refractivity contribution in [3.05, 3.63) is 64.7 Å². The van der Waals surface area contributed by atoms with Crippen LogP contribution in [0.3, 0.4) is 0 Å². The molecule has 2 amide bonds. The Labute approximate surface area is 143 Å². The van der Waals surface area contributed by atoms with Crippen LogP contribution in [0.2, 0.25) is 5.02 Å². The fourth-order valence-corrected chi connectivity index (χ4v) is 2.45. The van der Waals surface area contributed by atoms with Gasteiger partial charge >= 0.3 is 6.03 Å². The van der Waals surface area contributed by atoms with Gasteiger partial charge in [0.1, 0.15) is 0 Å². The number of carbonyl (C=O) groups excluding carboxylic acids is 1. The molecule has 0 radical (unpaired) electrons. The van der Waals surface area contributed by atoms with Crippen molar-refractivity contribution in [1.82, 2.24) is 4.90 Å². The highest BCUT2D eigenvalue weighted by molar-refractivity contribution is 6.30. The second-order valence-electron chi connectivity index (χ2n) is 6.14. The van der Waals surface area contributed by atoms with Crippen molar-refractivity contribution in [3.8, 4) is 0 Å². The van der Waals surface area contributed by atoms with E-state index in [9.17, 15) is 4.79 Å². The van der Waals surface area contributed by atoms with Crippen LogP contribution in [-0.4, -0.2) is 25.0 Å². The highest BCUT2D eigenvalue weighted by Gasteiger charge is 2.18. The molecule has 2 aromatic rings. The SMILES string of the molecule is CC(C)c1ccc(N(Cc2ccc(Cl)cc2)C(=O)N(C)C)cc1. The lowest BCUT2D eigenvalue weighted by atomic mass is 10.0. The van der Waals surface area contributed by atoms with E-state index in [1.807, 2.05) is 36.4 Å². The van der Waals surface area contributed by atoms with Gasteiger partial charge in [-0.15, -0.1) is 0 Å². The summed E-state index contributed by atoms with van der Waals surface area (Å²) < 4.78 is 0. The average molecular weight is 331 g/mol. The van der Waals surface area contributed by atoms with E-state index < -0.39 is 0 Å². The lowest BCUT2D eigenvalue weighted by Gasteiger charge is -2.26. The molecule has 23 heavy (non-hydrogen) atoms. The van der Waals surface area contributed by atoms with Crippen LogP contribution in [0.5, 0.6) is 0 Å². The van der Waals surface area contributed by atoms with E-state index in [1.54, 1.807) is 23.9 Å². The topological polar surface area (TPSA) is 23.6 Å². The molecule has 0 unspecified atom stereocenters. The van der Waals surface area contributed by atoms with E-state index in [2.05, 4.69) is 26.0 Å². The molecular formula is C19H23ClN2O. The molecule has 3 nitrogen and oxygen atoms in total. The molecule has 0 aromatic heterocycles. The molecule has 0 saturated heterocycles. The standard InChI is InChI=1S/C19H23ClN2O/c1-14(2)16-7-11-18(12-8-16)22(19(23)21(3)4)13-15-5-9-17(20)10-6-15/h5-12,14H,13H2,1-4H3. The van der Waals surface area contributed by atoms with Gasteiger partial charge in [-0.2, -0.15) is 0 Å². The maximum Gasteiger partial charge on any atom is 0.324 e. The van der Waals surface area contributed by atoms with E-state index in [0.717, 1.165) is 11.3 Å². The number of hydrogen-bond donors (Lipinski definition) is 0. The Morgan fingerprint density at radius 2 is 1.57 bits per heavy atom. The van der Waals surface area contributed by atoms with Gasteiger partial charge in [0.05, 0.1) is 6.54 Å².